The van der Waals surface area contributed by atoms with Gasteiger partial charge in [0.15, 0.2) is 0 Å². The standard InChI is InChI=1S/C13H16N4/c1-9(14)11-5-3-4-6-12(11)17-13-7-8-15-10(2)16-13/h3-9H,14H2,1-2H3,(H,15,16,17). The molecule has 88 valence electrons. The Hall–Kier alpha value is -1.94. The molecule has 1 atom stereocenters. The van der Waals surface area contributed by atoms with Crippen LogP contribution in [0.2, 0.25) is 0 Å². The van der Waals surface area contributed by atoms with Crippen molar-refractivity contribution in [2.45, 2.75) is 19.9 Å². The zero-order valence-electron chi connectivity index (χ0n) is 10.0. The Bertz CT molecular complexity index is 508. The molecule has 0 bridgehead atoms. The Labute approximate surface area is 101 Å². The third kappa shape index (κ3) is 2.79. The van der Waals surface area contributed by atoms with E-state index in [0.29, 0.717) is 0 Å². The third-order valence-corrected chi connectivity index (χ3v) is 2.49. The Morgan fingerprint density at radius 2 is 2.00 bits per heavy atom. The quantitative estimate of drug-likeness (QED) is 0.847. The van der Waals surface area contributed by atoms with Gasteiger partial charge >= 0.3 is 0 Å². The number of hydrogen-bond acceptors (Lipinski definition) is 4. The summed E-state index contributed by atoms with van der Waals surface area (Å²) in [6.45, 7) is 3.83. The van der Waals surface area contributed by atoms with Crippen molar-refractivity contribution in [1.29, 1.82) is 0 Å². The average Bonchev–Trinajstić information content (AvgIpc) is 2.29. The van der Waals surface area contributed by atoms with Gasteiger partial charge in [0.2, 0.25) is 0 Å². The maximum atomic E-state index is 5.93. The van der Waals surface area contributed by atoms with Crippen molar-refractivity contribution in [3.8, 4) is 0 Å². The monoisotopic (exact) mass is 228 g/mol. The fourth-order valence-corrected chi connectivity index (χ4v) is 1.67. The molecule has 0 fully saturated rings. The second kappa shape index (κ2) is 4.93. The van der Waals surface area contributed by atoms with Gasteiger partial charge in [0.25, 0.3) is 0 Å². The number of nitrogens with one attached hydrogen (secondary N) is 1. The van der Waals surface area contributed by atoms with Gasteiger partial charge in [-0.1, -0.05) is 18.2 Å². The lowest BCUT2D eigenvalue weighted by atomic mass is 10.1. The highest BCUT2D eigenvalue weighted by Crippen LogP contribution is 2.23. The van der Waals surface area contributed by atoms with Crippen LogP contribution >= 0.6 is 0 Å². The first kappa shape index (κ1) is 11.5. The smallest absolute Gasteiger partial charge is 0.134 e. The average molecular weight is 228 g/mol. The number of para-hydroxylation sites is 1. The van der Waals surface area contributed by atoms with Crippen molar-refractivity contribution in [2.75, 3.05) is 5.32 Å². The van der Waals surface area contributed by atoms with Crippen LogP contribution < -0.4 is 11.1 Å². The van der Waals surface area contributed by atoms with Crippen LogP contribution in [0.15, 0.2) is 36.5 Å². The van der Waals surface area contributed by atoms with Crippen LogP contribution in [0.3, 0.4) is 0 Å². The molecule has 2 rings (SSSR count). The summed E-state index contributed by atoms with van der Waals surface area (Å²) >= 11 is 0. The second-order valence-electron chi connectivity index (χ2n) is 3.99. The summed E-state index contributed by atoms with van der Waals surface area (Å²) < 4.78 is 0. The lowest BCUT2D eigenvalue weighted by Gasteiger charge is -2.13. The van der Waals surface area contributed by atoms with Crippen molar-refractivity contribution in [3.63, 3.8) is 0 Å². The topological polar surface area (TPSA) is 63.8 Å². The molecule has 1 aromatic heterocycles. The fourth-order valence-electron chi connectivity index (χ4n) is 1.67. The van der Waals surface area contributed by atoms with E-state index >= 15 is 0 Å². The van der Waals surface area contributed by atoms with Gasteiger partial charge in [-0.3, -0.25) is 0 Å². The molecule has 0 aliphatic carbocycles. The number of nitrogens with zero attached hydrogens (tertiary/aromatic N) is 2. The molecule has 0 saturated heterocycles. The zero-order valence-corrected chi connectivity index (χ0v) is 10.0. The largest absolute Gasteiger partial charge is 0.340 e. The molecule has 4 heteroatoms. The van der Waals surface area contributed by atoms with Gasteiger partial charge < -0.3 is 11.1 Å². The number of rotatable bonds is 3. The summed E-state index contributed by atoms with van der Waals surface area (Å²) in [4.78, 5) is 8.37. The van der Waals surface area contributed by atoms with E-state index in [1.165, 1.54) is 0 Å². The van der Waals surface area contributed by atoms with E-state index in [1.807, 2.05) is 44.2 Å². The summed E-state index contributed by atoms with van der Waals surface area (Å²) in [5, 5.41) is 3.26. The summed E-state index contributed by atoms with van der Waals surface area (Å²) in [5.41, 5.74) is 7.98. The first-order valence-electron chi connectivity index (χ1n) is 5.58. The van der Waals surface area contributed by atoms with Crippen LogP contribution in [0, 0.1) is 6.92 Å². The van der Waals surface area contributed by atoms with Crippen molar-refractivity contribution < 1.29 is 0 Å². The number of aromatic nitrogens is 2. The minimum atomic E-state index is -0.0124. The van der Waals surface area contributed by atoms with Crippen molar-refractivity contribution in [3.05, 3.63) is 47.9 Å². The van der Waals surface area contributed by atoms with E-state index in [0.717, 1.165) is 22.9 Å². The molecule has 4 nitrogen and oxygen atoms in total. The molecular formula is C13H16N4. The van der Waals surface area contributed by atoms with Crippen LogP contribution in [-0.2, 0) is 0 Å². The maximum Gasteiger partial charge on any atom is 0.134 e. The Morgan fingerprint density at radius 1 is 1.24 bits per heavy atom. The number of hydrogen-bond donors (Lipinski definition) is 2. The fraction of sp³-hybridized carbons (Fsp3) is 0.231. The molecule has 0 saturated carbocycles. The lowest BCUT2D eigenvalue weighted by molar-refractivity contribution is 0.820. The SMILES string of the molecule is Cc1nccc(Nc2ccccc2C(C)N)n1. The first-order valence-corrected chi connectivity index (χ1v) is 5.58. The van der Waals surface area contributed by atoms with Crippen molar-refractivity contribution in [1.82, 2.24) is 9.97 Å². The normalized spacial score (nSPS) is 12.2. The summed E-state index contributed by atoms with van der Waals surface area (Å²) in [5.74, 6) is 1.53. The van der Waals surface area contributed by atoms with E-state index in [9.17, 15) is 0 Å². The lowest BCUT2D eigenvalue weighted by Crippen LogP contribution is -2.08. The van der Waals surface area contributed by atoms with Gasteiger partial charge in [-0.15, -0.1) is 0 Å². The van der Waals surface area contributed by atoms with Crippen LogP contribution in [0.25, 0.3) is 0 Å². The summed E-state index contributed by atoms with van der Waals surface area (Å²) in [6, 6.07) is 9.79. The highest BCUT2D eigenvalue weighted by atomic mass is 15.0. The number of benzene rings is 1. The molecule has 0 radical (unpaired) electrons. The van der Waals surface area contributed by atoms with Gasteiger partial charge in [-0.25, -0.2) is 9.97 Å². The molecule has 0 amide bonds. The van der Waals surface area contributed by atoms with Gasteiger partial charge in [-0.05, 0) is 31.5 Å². The minimum Gasteiger partial charge on any atom is -0.340 e. The predicted molar refractivity (Wildman–Crippen MR) is 69.1 cm³/mol. The summed E-state index contributed by atoms with van der Waals surface area (Å²) in [6.07, 6.45) is 1.74. The van der Waals surface area contributed by atoms with Gasteiger partial charge in [0, 0.05) is 17.9 Å². The van der Waals surface area contributed by atoms with E-state index in [4.69, 9.17) is 5.73 Å². The Morgan fingerprint density at radius 3 is 2.71 bits per heavy atom. The molecule has 1 aromatic carbocycles. The third-order valence-electron chi connectivity index (χ3n) is 2.49. The van der Waals surface area contributed by atoms with E-state index in [-0.39, 0.29) is 6.04 Å². The van der Waals surface area contributed by atoms with Crippen molar-refractivity contribution >= 4 is 11.5 Å². The molecule has 0 aliphatic rings. The van der Waals surface area contributed by atoms with E-state index in [2.05, 4.69) is 15.3 Å². The zero-order chi connectivity index (χ0) is 12.3. The van der Waals surface area contributed by atoms with Crippen LogP contribution in [0.5, 0.6) is 0 Å². The number of aryl methyl sites for hydroxylation is 1. The molecular weight excluding hydrogens is 212 g/mol. The van der Waals surface area contributed by atoms with Gasteiger partial charge in [-0.2, -0.15) is 0 Å². The molecule has 1 heterocycles. The minimum absolute atomic E-state index is 0.0124. The van der Waals surface area contributed by atoms with Gasteiger partial charge in [0.05, 0.1) is 0 Å². The summed E-state index contributed by atoms with van der Waals surface area (Å²) in [7, 11) is 0. The Balaban J connectivity index is 2.30. The number of anilines is 2. The second-order valence-corrected chi connectivity index (χ2v) is 3.99. The van der Waals surface area contributed by atoms with E-state index in [1.54, 1.807) is 6.20 Å². The van der Waals surface area contributed by atoms with Crippen molar-refractivity contribution in [2.24, 2.45) is 5.73 Å². The highest BCUT2D eigenvalue weighted by molar-refractivity contribution is 5.61. The van der Waals surface area contributed by atoms with Crippen LogP contribution in [0.1, 0.15) is 24.4 Å². The van der Waals surface area contributed by atoms with Crippen LogP contribution in [-0.4, -0.2) is 9.97 Å². The highest BCUT2D eigenvalue weighted by Gasteiger charge is 2.06. The molecule has 3 N–H and O–H groups in total. The number of nitrogens with two attached hydrogens (primary N) is 1. The Kier molecular flexibility index (Phi) is 3.35. The molecule has 0 aliphatic heterocycles. The molecule has 2 aromatic rings. The molecule has 17 heavy (non-hydrogen) atoms. The van der Waals surface area contributed by atoms with Crippen LogP contribution in [0.4, 0.5) is 11.5 Å². The van der Waals surface area contributed by atoms with E-state index < -0.39 is 0 Å². The molecule has 1 unspecified atom stereocenters. The maximum absolute atomic E-state index is 5.93. The first-order chi connectivity index (χ1) is 8.16. The molecule has 0 spiro atoms. The van der Waals surface area contributed by atoms with Gasteiger partial charge in [0.1, 0.15) is 11.6 Å². The predicted octanol–water partition coefficient (Wildman–Crippen LogP) is 2.55.